The minimum Gasteiger partial charge on any atom is -0.477 e. The molecular weight excluding hydrogens is 346 g/mol. The second kappa shape index (κ2) is 7.45. The van der Waals surface area contributed by atoms with Crippen LogP contribution in [-0.4, -0.2) is 36.5 Å². The highest BCUT2D eigenvalue weighted by Gasteiger charge is 2.22. The van der Waals surface area contributed by atoms with Crippen molar-refractivity contribution in [3.05, 3.63) is 65.1 Å². The molecule has 1 amide bonds. The van der Waals surface area contributed by atoms with Gasteiger partial charge in [0, 0.05) is 18.0 Å². The molecule has 8 nitrogen and oxygen atoms in total. The van der Waals surface area contributed by atoms with E-state index in [0.717, 1.165) is 11.3 Å². The van der Waals surface area contributed by atoms with Crippen molar-refractivity contribution in [2.45, 2.75) is 33.4 Å². The fourth-order valence-corrected chi connectivity index (χ4v) is 2.85. The number of nitrogens with zero attached hydrogens (tertiary/aromatic N) is 4. The second-order valence-electron chi connectivity index (χ2n) is 6.45. The van der Waals surface area contributed by atoms with Gasteiger partial charge in [0.25, 0.3) is 0 Å². The lowest BCUT2D eigenvalue weighted by Crippen LogP contribution is -2.27. The van der Waals surface area contributed by atoms with Crippen molar-refractivity contribution in [1.82, 2.24) is 19.6 Å². The number of rotatable bonds is 6. The first-order valence-electron chi connectivity index (χ1n) is 8.53. The van der Waals surface area contributed by atoms with Gasteiger partial charge in [-0.05, 0) is 32.4 Å². The van der Waals surface area contributed by atoms with Gasteiger partial charge in [-0.2, -0.15) is 10.2 Å². The van der Waals surface area contributed by atoms with Crippen LogP contribution in [-0.2, 0) is 11.3 Å². The van der Waals surface area contributed by atoms with Gasteiger partial charge in [0.15, 0.2) is 5.82 Å². The Morgan fingerprint density at radius 2 is 2.00 bits per heavy atom. The summed E-state index contributed by atoms with van der Waals surface area (Å²) in [6, 6.07) is 10.5. The molecule has 3 aromatic rings. The fraction of sp³-hybridized carbons (Fsp3) is 0.263. The molecule has 1 atom stereocenters. The van der Waals surface area contributed by atoms with E-state index in [1.54, 1.807) is 13.0 Å². The van der Waals surface area contributed by atoms with E-state index in [1.165, 1.54) is 22.5 Å². The molecule has 0 radical (unpaired) electrons. The van der Waals surface area contributed by atoms with Gasteiger partial charge < -0.3 is 10.4 Å². The molecule has 140 valence electrons. The van der Waals surface area contributed by atoms with E-state index in [-0.39, 0.29) is 11.6 Å². The Labute approximate surface area is 156 Å². The van der Waals surface area contributed by atoms with Gasteiger partial charge in [-0.15, -0.1) is 0 Å². The van der Waals surface area contributed by atoms with Crippen LogP contribution >= 0.6 is 0 Å². The number of aromatic nitrogens is 4. The van der Waals surface area contributed by atoms with Crippen molar-refractivity contribution < 1.29 is 14.7 Å². The zero-order valence-electron chi connectivity index (χ0n) is 15.4. The molecule has 2 aromatic heterocycles. The largest absolute Gasteiger partial charge is 0.477 e. The molecule has 0 bridgehead atoms. The van der Waals surface area contributed by atoms with E-state index >= 15 is 0 Å². The Hall–Kier alpha value is -3.42. The van der Waals surface area contributed by atoms with Crippen molar-refractivity contribution >= 4 is 17.7 Å². The summed E-state index contributed by atoms with van der Waals surface area (Å²) >= 11 is 0. The molecule has 1 aromatic carbocycles. The van der Waals surface area contributed by atoms with E-state index < -0.39 is 12.0 Å². The van der Waals surface area contributed by atoms with Crippen LogP contribution in [0.5, 0.6) is 0 Å². The van der Waals surface area contributed by atoms with Crippen molar-refractivity contribution in [1.29, 1.82) is 0 Å². The summed E-state index contributed by atoms with van der Waals surface area (Å²) in [5, 5.41) is 20.3. The maximum atomic E-state index is 12.5. The molecule has 2 N–H and O–H groups in total. The van der Waals surface area contributed by atoms with Crippen LogP contribution in [0, 0.1) is 13.8 Å². The van der Waals surface area contributed by atoms with Gasteiger partial charge in [-0.1, -0.05) is 29.8 Å². The number of anilines is 1. The summed E-state index contributed by atoms with van der Waals surface area (Å²) in [7, 11) is 0. The quantitative estimate of drug-likeness (QED) is 0.697. The van der Waals surface area contributed by atoms with Gasteiger partial charge in [0.1, 0.15) is 11.7 Å². The normalized spacial score (nSPS) is 12.0. The Morgan fingerprint density at radius 3 is 2.70 bits per heavy atom. The van der Waals surface area contributed by atoms with Crippen LogP contribution in [0.3, 0.4) is 0 Å². The predicted molar refractivity (Wildman–Crippen MR) is 99.8 cm³/mol. The third-order valence-corrected chi connectivity index (χ3v) is 4.28. The van der Waals surface area contributed by atoms with Crippen LogP contribution < -0.4 is 5.32 Å². The summed E-state index contributed by atoms with van der Waals surface area (Å²) in [4.78, 5) is 23.7. The van der Waals surface area contributed by atoms with Crippen LogP contribution in [0.2, 0.25) is 0 Å². The monoisotopic (exact) mass is 367 g/mol. The highest BCUT2D eigenvalue weighted by Crippen LogP contribution is 2.15. The summed E-state index contributed by atoms with van der Waals surface area (Å²) in [5.41, 5.74) is 3.16. The number of carbonyl (C=O) groups excluding carboxylic acids is 1. The van der Waals surface area contributed by atoms with E-state index in [9.17, 15) is 9.59 Å². The highest BCUT2D eigenvalue weighted by atomic mass is 16.4. The van der Waals surface area contributed by atoms with Crippen LogP contribution in [0.25, 0.3) is 0 Å². The standard InChI is InChI=1S/C19H21N5O3/c1-12-5-4-6-15(9-12)11-23-13(2)10-17(22-23)21-18(25)14(3)24-16(19(26)27)7-8-20-24/h4-10,14H,11H2,1-3H3,(H,26,27)(H,21,22,25). The zero-order valence-corrected chi connectivity index (χ0v) is 15.4. The number of carboxylic acid groups (broad SMARTS) is 1. The van der Waals surface area contributed by atoms with E-state index in [1.807, 2.05) is 36.7 Å². The maximum Gasteiger partial charge on any atom is 0.354 e. The van der Waals surface area contributed by atoms with Crippen molar-refractivity contribution in [2.75, 3.05) is 5.32 Å². The predicted octanol–water partition coefficient (Wildman–Crippen LogP) is 2.64. The number of hydrogen-bond donors (Lipinski definition) is 2. The molecule has 0 fully saturated rings. The minimum atomic E-state index is -1.13. The van der Waals surface area contributed by atoms with Crippen molar-refractivity contribution in [3.63, 3.8) is 0 Å². The molecule has 0 aliphatic carbocycles. The van der Waals surface area contributed by atoms with Gasteiger partial charge >= 0.3 is 5.97 Å². The van der Waals surface area contributed by atoms with Crippen molar-refractivity contribution in [3.8, 4) is 0 Å². The van der Waals surface area contributed by atoms with E-state index in [4.69, 9.17) is 5.11 Å². The van der Waals surface area contributed by atoms with Crippen LogP contribution in [0.1, 0.15) is 40.3 Å². The third-order valence-electron chi connectivity index (χ3n) is 4.28. The SMILES string of the molecule is Cc1cccc(Cn2nc(NC(=O)C(C)n3nccc3C(=O)O)cc2C)c1. The average molecular weight is 367 g/mol. The molecule has 27 heavy (non-hydrogen) atoms. The van der Waals surface area contributed by atoms with Crippen LogP contribution in [0.15, 0.2) is 42.6 Å². The molecule has 0 saturated carbocycles. The molecule has 0 spiro atoms. The molecule has 0 saturated heterocycles. The summed E-state index contributed by atoms with van der Waals surface area (Å²) < 4.78 is 2.99. The van der Waals surface area contributed by atoms with Gasteiger partial charge in [-0.25, -0.2) is 9.48 Å². The number of amides is 1. The number of aryl methyl sites for hydroxylation is 2. The molecule has 0 aliphatic rings. The fourth-order valence-electron chi connectivity index (χ4n) is 2.85. The van der Waals surface area contributed by atoms with Gasteiger partial charge in [0.05, 0.1) is 6.54 Å². The number of benzene rings is 1. The summed E-state index contributed by atoms with van der Waals surface area (Å²) in [6.45, 7) is 6.14. The first-order chi connectivity index (χ1) is 12.8. The zero-order chi connectivity index (χ0) is 19.6. The number of carbonyl (C=O) groups is 2. The number of hydrogen-bond acceptors (Lipinski definition) is 4. The first kappa shape index (κ1) is 18.4. The van der Waals surface area contributed by atoms with Gasteiger partial charge in [0.2, 0.25) is 5.91 Å². The average Bonchev–Trinajstić information content (AvgIpc) is 3.21. The van der Waals surface area contributed by atoms with Crippen LogP contribution in [0.4, 0.5) is 5.82 Å². The molecule has 2 heterocycles. The number of nitrogens with one attached hydrogen (secondary N) is 1. The first-order valence-corrected chi connectivity index (χ1v) is 8.53. The van der Waals surface area contributed by atoms with Crippen molar-refractivity contribution in [2.24, 2.45) is 0 Å². The topological polar surface area (TPSA) is 102 Å². The third kappa shape index (κ3) is 4.05. The maximum absolute atomic E-state index is 12.5. The van der Waals surface area contributed by atoms with E-state index in [2.05, 4.69) is 21.6 Å². The Kier molecular flexibility index (Phi) is 5.07. The highest BCUT2D eigenvalue weighted by molar-refractivity contribution is 5.94. The smallest absolute Gasteiger partial charge is 0.354 e. The minimum absolute atomic E-state index is 0.0428. The lowest BCUT2D eigenvalue weighted by atomic mass is 10.1. The lowest BCUT2D eigenvalue weighted by molar-refractivity contribution is -0.119. The van der Waals surface area contributed by atoms with Gasteiger partial charge in [-0.3, -0.25) is 9.48 Å². The lowest BCUT2D eigenvalue weighted by Gasteiger charge is -2.13. The summed E-state index contributed by atoms with van der Waals surface area (Å²) in [5.74, 6) is -1.10. The molecule has 3 rings (SSSR count). The molecule has 0 aliphatic heterocycles. The second-order valence-corrected chi connectivity index (χ2v) is 6.45. The molecule has 8 heteroatoms. The van der Waals surface area contributed by atoms with E-state index in [0.29, 0.717) is 12.4 Å². The number of aromatic carboxylic acids is 1. The Bertz CT molecular complexity index is 989. The Balaban J connectivity index is 1.73. The Morgan fingerprint density at radius 1 is 1.22 bits per heavy atom. The molecular formula is C19H21N5O3. The summed E-state index contributed by atoms with van der Waals surface area (Å²) in [6.07, 6.45) is 1.36. The number of carboxylic acids is 1. The molecule has 1 unspecified atom stereocenters.